The van der Waals surface area contributed by atoms with E-state index in [1.807, 2.05) is 0 Å². The van der Waals surface area contributed by atoms with Gasteiger partial charge < -0.3 is 5.32 Å². The second-order valence-corrected chi connectivity index (χ2v) is 7.11. The van der Waals surface area contributed by atoms with Gasteiger partial charge in [0.05, 0.1) is 5.69 Å². The Balaban J connectivity index is 1.97. The maximum Gasteiger partial charge on any atom is 0.0596 e. The fraction of sp³-hybridized carbons (Fsp3) is 0.833. The Morgan fingerprint density at radius 1 is 1.24 bits per heavy atom. The Bertz CT molecular complexity index is 428. The highest BCUT2D eigenvalue weighted by atomic mass is 15.3. The molecular formula is C18H33N3. The number of likely N-dealkylation sites (N-methyl/N-ethyl adjacent to an activating group) is 1. The summed E-state index contributed by atoms with van der Waals surface area (Å²) in [5.41, 5.74) is 2.53. The number of hydrogen-bond acceptors (Lipinski definition) is 2. The van der Waals surface area contributed by atoms with Crippen LogP contribution in [0.4, 0.5) is 0 Å². The van der Waals surface area contributed by atoms with Crippen LogP contribution in [0, 0.1) is 24.7 Å². The van der Waals surface area contributed by atoms with Gasteiger partial charge in [-0.25, -0.2) is 0 Å². The lowest BCUT2D eigenvalue weighted by molar-refractivity contribution is 0.190. The van der Waals surface area contributed by atoms with Gasteiger partial charge in [0.25, 0.3) is 0 Å². The van der Waals surface area contributed by atoms with Crippen molar-refractivity contribution in [1.82, 2.24) is 15.1 Å². The van der Waals surface area contributed by atoms with Crippen LogP contribution >= 0.6 is 0 Å². The van der Waals surface area contributed by atoms with Crippen LogP contribution in [0.1, 0.15) is 57.8 Å². The number of aryl methyl sites for hydroxylation is 2. The molecule has 1 aliphatic carbocycles. The van der Waals surface area contributed by atoms with Crippen LogP contribution in [0.5, 0.6) is 0 Å². The number of nitrogens with one attached hydrogen (secondary N) is 1. The Labute approximate surface area is 130 Å². The Morgan fingerprint density at radius 3 is 2.38 bits per heavy atom. The standard InChI is InChI=1S/C18H33N3/c1-6-21-17(11-14(4)20-21)12-18(19-5)16-9-7-15(8-10-16)13(2)3/h11,13,15-16,18-19H,6-10,12H2,1-5H3. The Kier molecular flexibility index (Phi) is 5.86. The SMILES string of the molecule is CCn1nc(C)cc1CC(NC)C1CCC(C(C)C)CC1. The molecule has 1 atom stereocenters. The summed E-state index contributed by atoms with van der Waals surface area (Å²) < 4.78 is 2.17. The first-order valence-electron chi connectivity index (χ1n) is 8.75. The summed E-state index contributed by atoms with van der Waals surface area (Å²) in [6.07, 6.45) is 6.70. The highest BCUT2D eigenvalue weighted by molar-refractivity contribution is 5.11. The third-order valence-corrected chi connectivity index (χ3v) is 5.41. The monoisotopic (exact) mass is 291 g/mol. The number of aromatic nitrogens is 2. The van der Waals surface area contributed by atoms with E-state index < -0.39 is 0 Å². The lowest BCUT2D eigenvalue weighted by Gasteiger charge is -2.35. The molecule has 0 bridgehead atoms. The van der Waals surface area contributed by atoms with Crippen molar-refractivity contribution in [3.05, 3.63) is 17.5 Å². The molecule has 0 spiro atoms. The smallest absolute Gasteiger partial charge is 0.0596 e. The Morgan fingerprint density at radius 2 is 1.86 bits per heavy atom. The van der Waals surface area contributed by atoms with Crippen molar-refractivity contribution in [3.63, 3.8) is 0 Å². The van der Waals surface area contributed by atoms with Crippen LogP contribution in [-0.4, -0.2) is 22.9 Å². The molecule has 2 rings (SSSR count). The third-order valence-electron chi connectivity index (χ3n) is 5.41. The predicted molar refractivity (Wildman–Crippen MR) is 89.5 cm³/mol. The summed E-state index contributed by atoms with van der Waals surface area (Å²) in [6, 6.07) is 2.85. The predicted octanol–water partition coefficient (Wildman–Crippen LogP) is 3.80. The molecule has 0 aromatic carbocycles. The topological polar surface area (TPSA) is 29.9 Å². The molecule has 0 aliphatic heterocycles. The Hall–Kier alpha value is -0.830. The number of rotatable bonds is 6. The van der Waals surface area contributed by atoms with Crippen molar-refractivity contribution in [3.8, 4) is 0 Å². The van der Waals surface area contributed by atoms with Gasteiger partial charge in [-0.1, -0.05) is 13.8 Å². The van der Waals surface area contributed by atoms with Crippen molar-refractivity contribution >= 4 is 0 Å². The molecular weight excluding hydrogens is 258 g/mol. The van der Waals surface area contributed by atoms with E-state index in [1.165, 1.54) is 31.4 Å². The van der Waals surface area contributed by atoms with E-state index in [1.54, 1.807) is 0 Å². The molecule has 1 saturated carbocycles. The van der Waals surface area contributed by atoms with Crippen molar-refractivity contribution in [2.24, 2.45) is 17.8 Å². The van der Waals surface area contributed by atoms with Crippen molar-refractivity contribution in [2.75, 3.05) is 7.05 Å². The summed E-state index contributed by atoms with van der Waals surface area (Å²) in [5.74, 6) is 2.62. The third kappa shape index (κ3) is 4.09. The van der Waals surface area contributed by atoms with Crippen LogP contribution in [-0.2, 0) is 13.0 Å². The average molecular weight is 291 g/mol. The van der Waals surface area contributed by atoms with Gasteiger partial charge in [0.2, 0.25) is 0 Å². The van der Waals surface area contributed by atoms with Crippen LogP contribution in [0.3, 0.4) is 0 Å². The van der Waals surface area contributed by atoms with E-state index >= 15 is 0 Å². The second kappa shape index (κ2) is 7.44. The van der Waals surface area contributed by atoms with E-state index in [0.29, 0.717) is 6.04 Å². The number of hydrogen-bond donors (Lipinski definition) is 1. The summed E-state index contributed by atoms with van der Waals surface area (Å²) in [4.78, 5) is 0. The zero-order valence-corrected chi connectivity index (χ0v) is 14.5. The lowest BCUT2D eigenvalue weighted by atomic mass is 9.74. The molecule has 1 aromatic heterocycles. The summed E-state index contributed by atoms with van der Waals surface area (Å²) >= 11 is 0. The van der Waals surface area contributed by atoms with Gasteiger partial charge in [0.15, 0.2) is 0 Å². The summed E-state index contributed by atoms with van der Waals surface area (Å²) in [6.45, 7) is 10.0. The van der Waals surface area contributed by atoms with E-state index in [2.05, 4.69) is 55.9 Å². The summed E-state index contributed by atoms with van der Waals surface area (Å²) in [7, 11) is 2.12. The molecule has 1 aromatic rings. The molecule has 1 unspecified atom stereocenters. The molecule has 0 radical (unpaired) electrons. The van der Waals surface area contributed by atoms with Gasteiger partial charge in [-0.15, -0.1) is 0 Å². The summed E-state index contributed by atoms with van der Waals surface area (Å²) in [5, 5.41) is 8.17. The molecule has 1 fully saturated rings. The lowest BCUT2D eigenvalue weighted by Crippen LogP contribution is -2.38. The van der Waals surface area contributed by atoms with Crippen LogP contribution in [0.2, 0.25) is 0 Å². The van der Waals surface area contributed by atoms with Crippen LogP contribution < -0.4 is 5.32 Å². The van der Waals surface area contributed by atoms with Crippen molar-refractivity contribution in [1.29, 1.82) is 0 Å². The van der Waals surface area contributed by atoms with Crippen molar-refractivity contribution in [2.45, 2.75) is 72.4 Å². The van der Waals surface area contributed by atoms with Crippen molar-refractivity contribution < 1.29 is 0 Å². The second-order valence-electron chi connectivity index (χ2n) is 7.11. The van der Waals surface area contributed by atoms with Gasteiger partial charge in [-0.3, -0.25) is 4.68 Å². The molecule has 1 N–H and O–H groups in total. The highest BCUT2D eigenvalue weighted by Gasteiger charge is 2.28. The minimum absolute atomic E-state index is 0.597. The fourth-order valence-corrected chi connectivity index (χ4v) is 3.98. The molecule has 21 heavy (non-hydrogen) atoms. The minimum atomic E-state index is 0.597. The molecule has 120 valence electrons. The molecule has 3 nitrogen and oxygen atoms in total. The minimum Gasteiger partial charge on any atom is -0.316 e. The van der Waals surface area contributed by atoms with Crippen LogP contribution in [0.25, 0.3) is 0 Å². The van der Waals surface area contributed by atoms with Gasteiger partial charge >= 0.3 is 0 Å². The zero-order valence-electron chi connectivity index (χ0n) is 14.5. The quantitative estimate of drug-likeness (QED) is 0.864. The molecule has 3 heteroatoms. The van der Waals surface area contributed by atoms with Gasteiger partial charge in [-0.2, -0.15) is 5.10 Å². The average Bonchev–Trinajstić information content (AvgIpc) is 2.84. The number of nitrogens with zero attached hydrogens (tertiary/aromatic N) is 2. The van der Waals surface area contributed by atoms with E-state index in [-0.39, 0.29) is 0 Å². The molecule has 1 aliphatic rings. The maximum atomic E-state index is 4.59. The van der Waals surface area contributed by atoms with Crippen LogP contribution in [0.15, 0.2) is 6.07 Å². The normalized spacial score (nSPS) is 24.5. The van der Waals surface area contributed by atoms with Gasteiger partial charge in [0.1, 0.15) is 0 Å². The first-order chi connectivity index (χ1) is 10.0. The fourth-order valence-electron chi connectivity index (χ4n) is 3.98. The van der Waals surface area contributed by atoms with E-state index in [4.69, 9.17) is 0 Å². The molecule has 1 heterocycles. The van der Waals surface area contributed by atoms with E-state index in [0.717, 1.165) is 36.4 Å². The largest absolute Gasteiger partial charge is 0.316 e. The first-order valence-corrected chi connectivity index (χ1v) is 8.75. The van der Waals surface area contributed by atoms with Gasteiger partial charge in [-0.05, 0) is 70.4 Å². The molecule has 0 saturated heterocycles. The first kappa shape index (κ1) is 16.5. The van der Waals surface area contributed by atoms with Gasteiger partial charge in [0, 0.05) is 24.7 Å². The highest BCUT2D eigenvalue weighted by Crippen LogP contribution is 2.35. The maximum absolute atomic E-state index is 4.59. The molecule has 0 amide bonds. The van der Waals surface area contributed by atoms with E-state index in [9.17, 15) is 0 Å². The zero-order chi connectivity index (χ0) is 15.4.